The van der Waals surface area contributed by atoms with Gasteiger partial charge in [-0.1, -0.05) is 6.07 Å². The Balaban J connectivity index is 1.89. The van der Waals surface area contributed by atoms with Crippen molar-refractivity contribution in [2.45, 2.75) is 26.8 Å². The Kier molecular flexibility index (Phi) is 5.89. The molecular weight excluding hydrogens is 312 g/mol. The first kappa shape index (κ1) is 17.9. The molecule has 1 aromatic carbocycles. The van der Waals surface area contributed by atoms with Crippen LogP contribution in [0.15, 0.2) is 23.2 Å². The van der Waals surface area contributed by atoms with Crippen molar-refractivity contribution in [2.75, 3.05) is 13.6 Å². The Bertz CT molecular complexity index is 717. The lowest BCUT2D eigenvalue weighted by molar-refractivity contribution is 0.553. The van der Waals surface area contributed by atoms with Crippen LogP contribution < -0.4 is 10.6 Å². The van der Waals surface area contributed by atoms with Gasteiger partial charge < -0.3 is 10.6 Å². The summed E-state index contributed by atoms with van der Waals surface area (Å²) in [5, 5.41) is 10.6. The first-order valence-electron chi connectivity index (χ1n) is 7.80. The van der Waals surface area contributed by atoms with E-state index in [0.29, 0.717) is 19.0 Å². The molecule has 2 aromatic rings. The standard InChI is InChI=1S/C17H23F2N5/c1-11-14(12(2)24(4)23-11)10-22-17(20-3)21-9-8-13-15(18)6-5-7-16(13)19/h5-7H,8-10H2,1-4H3,(H2,20,21,22). The first-order valence-corrected chi connectivity index (χ1v) is 7.80. The molecule has 7 heteroatoms. The van der Waals surface area contributed by atoms with Crippen LogP contribution in [0.5, 0.6) is 0 Å². The van der Waals surface area contributed by atoms with Crippen molar-refractivity contribution in [1.29, 1.82) is 0 Å². The van der Waals surface area contributed by atoms with Crippen LogP contribution in [0.2, 0.25) is 0 Å². The third-order valence-electron chi connectivity index (χ3n) is 4.04. The monoisotopic (exact) mass is 335 g/mol. The molecule has 2 rings (SSSR count). The highest BCUT2D eigenvalue weighted by molar-refractivity contribution is 5.79. The quantitative estimate of drug-likeness (QED) is 0.651. The molecule has 0 bridgehead atoms. The summed E-state index contributed by atoms with van der Waals surface area (Å²) in [4.78, 5) is 4.13. The zero-order valence-corrected chi connectivity index (χ0v) is 14.5. The van der Waals surface area contributed by atoms with Crippen LogP contribution in [0.25, 0.3) is 0 Å². The minimum atomic E-state index is -0.527. The van der Waals surface area contributed by atoms with Gasteiger partial charge in [-0.05, 0) is 32.4 Å². The molecule has 0 spiro atoms. The Morgan fingerprint density at radius 1 is 1.17 bits per heavy atom. The molecule has 24 heavy (non-hydrogen) atoms. The number of aryl methyl sites for hydroxylation is 2. The molecule has 0 aliphatic heterocycles. The van der Waals surface area contributed by atoms with Gasteiger partial charge in [-0.15, -0.1) is 0 Å². The fraction of sp³-hybridized carbons (Fsp3) is 0.412. The van der Waals surface area contributed by atoms with E-state index in [4.69, 9.17) is 0 Å². The molecule has 0 aliphatic rings. The Hall–Kier alpha value is -2.44. The predicted molar refractivity (Wildman–Crippen MR) is 90.9 cm³/mol. The molecule has 0 unspecified atom stereocenters. The largest absolute Gasteiger partial charge is 0.356 e. The smallest absolute Gasteiger partial charge is 0.191 e. The third-order valence-corrected chi connectivity index (χ3v) is 4.04. The molecule has 0 amide bonds. The number of aliphatic imine (C=N–C) groups is 1. The molecule has 0 aliphatic carbocycles. The van der Waals surface area contributed by atoms with Gasteiger partial charge in [-0.2, -0.15) is 5.10 Å². The topological polar surface area (TPSA) is 54.2 Å². The van der Waals surface area contributed by atoms with Gasteiger partial charge in [-0.3, -0.25) is 9.67 Å². The normalized spacial score (nSPS) is 11.7. The van der Waals surface area contributed by atoms with E-state index in [1.165, 1.54) is 18.2 Å². The molecule has 0 radical (unpaired) electrons. The molecule has 1 heterocycles. The van der Waals surface area contributed by atoms with Crippen molar-refractivity contribution in [3.8, 4) is 0 Å². The zero-order valence-electron chi connectivity index (χ0n) is 14.5. The Morgan fingerprint density at radius 3 is 2.38 bits per heavy atom. The lowest BCUT2D eigenvalue weighted by Gasteiger charge is -2.12. The van der Waals surface area contributed by atoms with Crippen LogP contribution in [0.3, 0.4) is 0 Å². The van der Waals surface area contributed by atoms with Crippen molar-refractivity contribution in [3.63, 3.8) is 0 Å². The summed E-state index contributed by atoms with van der Waals surface area (Å²) in [5.41, 5.74) is 3.25. The maximum atomic E-state index is 13.6. The minimum absolute atomic E-state index is 0.0828. The number of benzene rings is 1. The van der Waals surface area contributed by atoms with Gasteiger partial charge in [0, 0.05) is 44.0 Å². The van der Waals surface area contributed by atoms with E-state index in [1.54, 1.807) is 7.05 Å². The van der Waals surface area contributed by atoms with Crippen molar-refractivity contribution >= 4 is 5.96 Å². The van der Waals surface area contributed by atoms with Crippen molar-refractivity contribution < 1.29 is 8.78 Å². The van der Waals surface area contributed by atoms with Gasteiger partial charge in [0.2, 0.25) is 0 Å². The summed E-state index contributed by atoms with van der Waals surface area (Å²) in [5.74, 6) is -0.475. The molecule has 0 saturated heterocycles. The highest BCUT2D eigenvalue weighted by atomic mass is 19.1. The van der Waals surface area contributed by atoms with E-state index in [-0.39, 0.29) is 12.0 Å². The molecule has 130 valence electrons. The van der Waals surface area contributed by atoms with E-state index in [1.807, 2.05) is 25.6 Å². The number of hydrogen-bond donors (Lipinski definition) is 2. The number of guanidine groups is 1. The van der Waals surface area contributed by atoms with E-state index in [0.717, 1.165) is 17.0 Å². The maximum absolute atomic E-state index is 13.6. The SMILES string of the molecule is CN=C(NCCc1c(F)cccc1F)NCc1c(C)nn(C)c1C. The number of halogens is 2. The zero-order chi connectivity index (χ0) is 17.7. The van der Waals surface area contributed by atoms with Gasteiger partial charge in [0.15, 0.2) is 5.96 Å². The van der Waals surface area contributed by atoms with Crippen molar-refractivity contribution in [2.24, 2.45) is 12.0 Å². The summed E-state index contributed by atoms with van der Waals surface area (Å²) in [6, 6.07) is 3.89. The molecule has 0 saturated carbocycles. The van der Waals surface area contributed by atoms with Crippen LogP contribution in [0.1, 0.15) is 22.5 Å². The Labute approximate surface area is 140 Å². The number of nitrogens with one attached hydrogen (secondary N) is 2. The highest BCUT2D eigenvalue weighted by Crippen LogP contribution is 2.12. The van der Waals surface area contributed by atoms with Crippen molar-refractivity contribution in [3.05, 3.63) is 52.3 Å². The van der Waals surface area contributed by atoms with Gasteiger partial charge in [0.25, 0.3) is 0 Å². The average Bonchev–Trinajstić information content (AvgIpc) is 2.78. The van der Waals surface area contributed by atoms with Crippen LogP contribution in [0, 0.1) is 25.5 Å². The number of hydrogen-bond acceptors (Lipinski definition) is 2. The van der Waals surface area contributed by atoms with Gasteiger partial charge in [0.1, 0.15) is 11.6 Å². The summed E-state index contributed by atoms with van der Waals surface area (Å²) >= 11 is 0. The second-order valence-electron chi connectivity index (χ2n) is 5.58. The molecule has 1 aromatic heterocycles. The van der Waals surface area contributed by atoms with Crippen LogP contribution in [-0.4, -0.2) is 29.3 Å². The summed E-state index contributed by atoms with van der Waals surface area (Å²) in [6.07, 6.45) is 0.240. The lowest BCUT2D eigenvalue weighted by Crippen LogP contribution is -2.38. The van der Waals surface area contributed by atoms with Crippen LogP contribution in [-0.2, 0) is 20.0 Å². The fourth-order valence-corrected chi connectivity index (χ4v) is 2.54. The second kappa shape index (κ2) is 7.90. The molecule has 2 N–H and O–H groups in total. The summed E-state index contributed by atoms with van der Waals surface area (Å²) in [6.45, 7) is 4.93. The van der Waals surface area contributed by atoms with E-state index in [2.05, 4.69) is 20.7 Å². The van der Waals surface area contributed by atoms with Crippen LogP contribution in [0.4, 0.5) is 8.78 Å². The molecule has 5 nitrogen and oxygen atoms in total. The average molecular weight is 335 g/mol. The van der Waals surface area contributed by atoms with Crippen LogP contribution >= 0.6 is 0 Å². The number of aromatic nitrogens is 2. The van der Waals surface area contributed by atoms with E-state index >= 15 is 0 Å². The number of rotatable bonds is 5. The number of nitrogens with zero attached hydrogens (tertiary/aromatic N) is 3. The van der Waals surface area contributed by atoms with E-state index in [9.17, 15) is 8.78 Å². The molecular formula is C17H23F2N5. The van der Waals surface area contributed by atoms with Gasteiger partial charge >= 0.3 is 0 Å². The summed E-state index contributed by atoms with van der Waals surface area (Å²) in [7, 11) is 3.56. The second-order valence-corrected chi connectivity index (χ2v) is 5.58. The fourth-order valence-electron chi connectivity index (χ4n) is 2.54. The minimum Gasteiger partial charge on any atom is -0.356 e. The first-order chi connectivity index (χ1) is 11.4. The Morgan fingerprint density at radius 2 is 1.83 bits per heavy atom. The van der Waals surface area contributed by atoms with Gasteiger partial charge in [-0.25, -0.2) is 8.78 Å². The van der Waals surface area contributed by atoms with Crippen molar-refractivity contribution in [1.82, 2.24) is 20.4 Å². The summed E-state index contributed by atoms with van der Waals surface area (Å²) < 4.78 is 29.0. The lowest BCUT2D eigenvalue weighted by atomic mass is 10.1. The molecule has 0 fully saturated rings. The van der Waals surface area contributed by atoms with E-state index < -0.39 is 11.6 Å². The predicted octanol–water partition coefficient (Wildman–Crippen LogP) is 2.22. The maximum Gasteiger partial charge on any atom is 0.191 e. The molecule has 0 atom stereocenters. The highest BCUT2D eigenvalue weighted by Gasteiger charge is 2.11. The third kappa shape index (κ3) is 4.10. The van der Waals surface area contributed by atoms with Gasteiger partial charge in [0.05, 0.1) is 5.69 Å².